The van der Waals surface area contributed by atoms with Crippen molar-refractivity contribution in [2.75, 3.05) is 13.2 Å². The lowest BCUT2D eigenvalue weighted by Crippen LogP contribution is -2.01. The molecule has 0 spiro atoms. The molecule has 0 aliphatic carbocycles. The number of thiophene rings is 1. The zero-order valence-electron chi connectivity index (χ0n) is 8.56. The first kappa shape index (κ1) is 12.6. The molecular formula is C11H14O2S2. The Bertz CT molecular complexity index is 349. The van der Waals surface area contributed by atoms with Gasteiger partial charge in [-0.3, -0.25) is 0 Å². The van der Waals surface area contributed by atoms with E-state index in [9.17, 15) is 0 Å². The summed E-state index contributed by atoms with van der Waals surface area (Å²) in [7, 11) is 0. The van der Waals surface area contributed by atoms with Crippen LogP contribution in [-0.4, -0.2) is 28.7 Å². The molecule has 82 valence electrons. The minimum atomic E-state index is -0.0937. The van der Waals surface area contributed by atoms with Crippen molar-refractivity contribution < 1.29 is 10.2 Å². The zero-order chi connectivity index (χ0) is 11.1. The van der Waals surface area contributed by atoms with Crippen LogP contribution in [0.3, 0.4) is 0 Å². The molecule has 0 amide bonds. The van der Waals surface area contributed by atoms with E-state index in [4.69, 9.17) is 10.2 Å². The molecule has 15 heavy (non-hydrogen) atoms. The fourth-order valence-electron chi connectivity index (χ4n) is 0.926. The van der Waals surface area contributed by atoms with Gasteiger partial charge in [0.05, 0.1) is 11.5 Å². The van der Waals surface area contributed by atoms with Gasteiger partial charge in [0.2, 0.25) is 0 Å². The number of thioether (sulfide) groups is 1. The lowest BCUT2D eigenvalue weighted by atomic mass is 10.4. The van der Waals surface area contributed by atoms with Gasteiger partial charge in [0.1, 0.15) is 6.61 Å². The van der Waals surface area contributed by atoms with E-state index in [1.54, 1.807) is 23.1 Å². The molecule has 0 aliphatic rings. The molecule has 2 N–H and O–H groups in total. The highest BCUT2D eigenvalue weighted by Crippen LogP contribution is 2.23. The molecule has 1 aromatic heterocycles. The molecule has 1 heterocycles. The highest BCUT2D eigenvalue weighted by molar-refractivity contribution is 7.99. The predicted molar refractivity (Wildman–Crippen MR) is 66.1 cm³/mol. The van der Waals surface area contributed by atoms with Crippen molar-refractivity contribution in [2.24, 2.45) is 0 Å². The van der Waals surface area contributed by atoms with Crippen LogP contribution in [0.2, 0.25) is 0 Å². The van der Waals surface area contributed by atoms with Crippen LogP contribution in [0, 0.1) is 11.8 Å². The Balaban J connectivity index is 2.46. The molecule has 0 aliphatic heterocycles. The smallest absolute Gasteiger partial charge is 0.104 e. The summed E-state index contributed by atoms with van der Waals surface area (Å²) in [5.41, 5.74) is 0. The maximum atomic E-state index is 8.87. The summed E-state index contributed by atoms with van der Waals surface area (Å²) < 4.78 is 0. The molecule has 0 radical (unpaired) electrons. The van der Waals surface area contributed by atoms with Gasteiger partial charge in [-0.2, -0.15) is 11.8 Å². The van der Waals surface area contributed by atoms with Crippen LogP contribution in [0.25, 0.3) is 0 Å². The van der Waals surface area contributed by atoms with Crippen molar-refractivity contribution in [2.45, 2.75) is 17.9 Å². The lowest BCUT2D eigenvalue weighted by molar-refractivity contribution is 0.300. The van der Waals surface area contributed by atoms with Crippen molar-refractivity contribution in [1.29, 1.82) is 0 Å². The fraction of sp³-hybridized carbons (Fsp3) is 0.455. The lowest BCUT2D eigenvalue weighted by Gasteiger charge is -2.04. The Hall–Kier alpha value is -0.470. The van der Waals surface area contributed by atoms with Gasteiger partial charge in [0.15, 0.2) is 0 Å². The molecule has 1 unspecified atom stereocenters. The maximum absolute atomic E-state index is 8.87. The van der Waals surface area contributed by atoms with E-state index in [1.807, 2.05) is 19.1 Å². The molecule has 1 rings (SSSR count). The zero-order valence-corrected chi connectivity index (χ0v) is 10.2. The van der Waals surface area contributed by atoms with Crippen molar-refractivity contribution >= 4 is 23.1 Å². The average Bonchev–Trinajstić information content (AvgIpc) is 2.71. The largest absolute Gasteiger partial charge is 0.395 e. The van der Waals surface area contributed by atoms with Gasteiger partial charge in [-0.05, 0) is 12.1 Å². The number of aliphatic hydroxyl groups is 2. The minimum absolute atomic E-state index is 0.0937. The SMILES string of the molecule is CC(CO)SCc1ccc(C#CCO)s1. The van der Waals surface area contributed by atoms with Crippen LogP contribution < -0.4 is 0 Å². The Morgan fingerprint density at radius 3 is 2.93 bits per heavy atom. The van der Waals surface area contributed by atoms with Gasteiger partial charge in [-0.15, -0.1) is 11.3 Å². The predicted octanol–water partition coefficient (Wildman–Crippen LogP) is 1.71. The minimum Gasteiger partial charge on any atom is -0.395 e. The molecule has 0 bridgehead atoms. The van der Waals surface area contributed by atoms with Gasteiger partial charge in [0.25, 0.3) is 0 Å². The quantitative estimate of drug-likeness (QED) is 0.790. The van der Waals surface area contributed by atoms with Gasteiger partial charge < -0.3 is 10.2 Å². The second kappa shape index (κ2) is 6.91. The number of aliphatic hydroxyl groups excluding tert-OH is 2. The van der Waals surface area contributed by atoms with E-state index in [-0.39, 0.29) is 18.5 Å². The molecule has 0 saturated heterocycles. The maximum Gasteiger partial charge on any atom is 0.104 e. The third-order valence-electron chi connectivity index (χ3n) is 1.72. The summed E-state index contributed by atoms with van der Waals surface area (Å²) in [5, 5.41) is 17.7. The van der Waals surface area contributed by atoms with Gasteiger partial charge in [-0.1, -0.05) is 18.8 Å². The van der Waals surface area contributed by atoms with E-state index < -0.39 is 0 Å². The number of hydrogen-bond donors (Lipinski definition) is 2. The summed E-state index contributed by atoms with van der Waals surface area (Å²) in [6.07, 6.45) is 0. The van der Waals surface area contributed by atoms with Crippen molar-refractivity contribution in [1.82, 2.24) is 0 Å². The monoisotopic (exact) mass is 242 g/mol. The highest BCUT2D eigenvalue weighted by Gasteiger charge is 2.03. The summed E-state index contributed by atoms with van der Waals surface area (Å²) >= 11 is 3.37. The standard InChI is InChI=1S/C11H14O2S2/c1-9(7-13)14-8-11-5-4-10(15-11)3-2-6-12/h4-5,9,12-13H,6-8H2,1H3. The first-order valence-electron chi connectivity index (χ1n) is 4.67. The number of rotatable bonds is 4. The van der Waals surface area contributed by atoms with E-state index in [0.717, 1.165) is 10.6 Å². The van der Waals surface area contributed by atoms with Gasteiger partial charge in [0, 0.05) is 15.9 Å². The van der Waals surface area contributed by atoms with Crippen LogP contribution in [-0.2, 0) is 5.75 Å². The normalized spacial score (nSPS) is 11.9. The summed E-state index contributed by atoms with van der Waals surface area (Å²) in [5.74, 6) is 6.41. The molecule has 0 aromatic carbocycles. The molecule has 1 atom stereocenters. The Kier molecular flexibility index (Phi) is 5.81. The Morgan fingerprint density at radius 1 is 1.47 bits per heavy atom. The average molecular weight is 242 g/mol. The molecule has 1 aromatic rings. The number of hydrogen-bond acceptors (Lipinski definition) is 4. The third-order valence-corrected chi connectivity index (χ3v) is 4.10. The molecular weight excluding hydrogens is 228 g/mol. The Labute approximate surface area is 98.3 Å². The van der Waals surface area contributed by atoms with Crippen LogP contribution in [0.5, 0.6) is 0 Å². The Morgan fingerprint density at radius 2 is 2.27 bits per heavy atom. The summed E-state index contributed by atoms with van der Waals surface area (Å²) in [4.78, 5) is 2.24. The summed E-state index contributed by atoms with van der Waals surface area (Å²) in [6.45, 7) is 2.13. The van der Waals surface area contributed by atoms with E-state index >= 15 is 0 Å². The van der Waals surface area contributed by atoms with Crippen LogP contribution in [0.15, 0.2) is 12.1 Å². The van der Waals surface area contributed by atoms with Crippen LogP contribution >= 0.6 is 23.1 Å². The molecule has 4 heteroatoms. The molecule has 2 nitrogen and oxygen atoms in total. The third kappa shape index (κ3) is 4.72. The van der Waals surface area contributed by atoms with Gasteiger partial charge >= 0.3 is 0 Å². The summed E-state index contributed by atoms with van der Waals surface area (Å²) in [6, 6.07) is 4.01. The van der Waals surface area contributed by atoms with E-state index in [2.05, 4.69) is 11.8 Å². The fourth-order valence-corrected chi connectivity index (χ4v) is 2.69. The van der Waals surface area contributed by atoms with Gasteiger partial charge in [-0.25, -0.2) is 0 Å². The van der Waals surface area contributed by atoms with E-state index in [0.29, 0.717) is 0 Å². The first-order chi connectivity index (χ1) is 7.26. The van der Waals surface area contributed by atoms with Crippen molar-refractivity contribution in [3.8, 4) is 11.8 Å². The van der Waals surface area contributed by atoms with Crippen molar-refractivity contribution in [3.63, 3.8) is 0 Å². The first-order valence-corrected chi connectivity index (χ1v) is 6.53. The topological polar surface area (TPSA) is 40.5 Å². The second-order valence-electron chi connectivity index (χ2n) is 3.03. The molecule has 0 fully saturated rings. The molecule has 0 saturated carbocycles. The van der Waals surface area contributed by atoms with E-state index in [1.165, 1.54) is 4.88 Å². The van der Waals surface area contributed by atoms with Crippen LogP contribution in [0.4, 0.5) is 0 Å². The highest BCUT2D eigenvalue weighted by atomic mass is 32.2. The van der Waals surface area contributed by atoms with Crippen LogP contribution in [0.1, 0.15) is 16.7 Å². The second-order valence-corrected chi connectivity index (χ2v) is 5.63. The van der Waals surface area contributed by atoms with Crippen molar-refractivity contribution in [3.05, 3.63) is 21.9 Å².